The molecule has 0 aromatic heterocycles. The molecule has 88 valence electrons. The third-order valence-corrected chi connectivity index (χ3v) is 4.24. The second-order valence-electron chi connectivity index (χ2n) is 4.27. The number of hydrogen-bond acceptors (Lipinski definition) is 2. The van der Waals surface area contributed by atoms with Gasteiger partial charge in [0.05, 0.1) is 13.2 Å². The van der Waals surface area contributed by atoms with Gasteiger partial charge in [0, 0.05) is 10.0 Å². The van der Waals surface area contributed by atoms with Crippen LogP contribution in [0.1, 0.15) is 35.0 Å². The molecule has 0 atom stereocenters. The Labute approximate surface area is 105 Å². The highest BCUT2D eigenvalue weighted by Gasteiger charge is 2.21. The van der Waals surface area contributed by atoms with E-state index in [0.717, 1.165) is 29.7 Å². The van der Waals surface area contributed by atoms with Gasteiger partial charge in [0.25, 0.3) is 0 Å². The molecule has 2 nitrogen and oxygen atoms in total. The summed E-state index contributed by atoms with van der Waals surface area (Å²) in [6.07, 6.45) is 0.777. The Balaban J connectivity index is 2.40. The van der Waals surface area contributed by atoms with Gasteiger partial charge in [-0.25, -0.2) is 0 Å². The second-order valence-corrected chi connectivity index (χ2v) is 5.07. The van der Waals surface area contributed by atoms with Crippen molar-refractivity contribution < 1.29 is 9.47 Å². The lowest BCUT2D eigenvalue weighted by Crippen LogP contribution is -2.18. The molecule has 1 aliphatic heterocycles. The average molecular weight is 285 g/mol. The summed E-state index contributed by atoms with van der Waals surface area (Å²) < 4.78 is 12.4. The zero-order valence-corrected chi connectivity index (χ0v) is 11.6. The van der Waals surface area contributed by atoms with E-state index >= 15 is 0 Å². The largest absolute Gasteiger partial charge is 0.348 e. The first kappa shape index (κ1) is 12.1. The summed E-state index contributed by atoms with van der Waals surface area (Å²) in [5.41, 5.74) is 4.99. The molecule has 1 fully saturated rings. The van der Waals surface area contributed by atoms with Crippen LogP contribution in [0.2, 0.25) is 0 Å². The van der Waals surface area contributed by atoms with Crippen molar-refractivity contribution in [1.82, 2.24) is 0 Å². The topological polar surface area (TPSA) is 18.5 Å². The summed E-state index contributed by atoms with van der Waals surface area (Å²) in [4.78, 5) is 0. The monoisotopic (exact) mass is 284 g/mol. The van der Waals surface area contributed by atoms with Crippen LogP contribution in [-0.4, -0.2) is 13.2 Å². The van der Waals surface area contributed by atoms with E-state index < -0.39 is 0 Å². The third kappa shape index (κ3) is 2.17. The van der Waals surface area contributed by atoms with Crippen LogP contribution in [0, 0.1) is 20.8 Å². The second kappa shape index (κ2) is 4.86. The summed E-state index contributed by atoms with van der Waals surface area (Å²) in [6.45, 7) is 7.95. The van der Waals surface area contributed by atoms with E-state index in [0.29, 0.717) is 0 Å². The van der Waals surface area contributed by atoms with Crippen LogP contribution in [0.25, 0.3) is 0 Å². The normalized spacial score (nSPS) is 17.8. The molecule has 16 heavy (non-hydrogen) atoms. The maximum atomic E-state index is 5.64. The molecule has 0 amide bonds. The molecule has 0 N–H and O–H groups in total. The molecule has 1 aromatic carbocycles. The van der Waals surface area contributed by atoms with Crippen LogP contribution < -0.4 is 0 Å². The van der Waals surface area contributed by atoms with Crippen molar-refractivity contribution in [2.45, 2.75) is 33.5 Å². The first-order chi connectivity index (χ1) is 7.61. The standard InChI is InChI=1S/C13H17BrO2/c1-8-7-11(12(14)10(3)9(8)2)13-15-5-4-6-16-13/h7,13H,4-6H2,1-3H3. The third-order valence-electron chi connectivity index (χ3n) is 3.19. The molecule has 0 spiro atoms. The Hall–Kier alpha value is -0.380. The number of halogens is 1. The molecule has 2 rings (SSSR count). The summed E-state index contributed by atoms with van der Waals surface area (Å²) in [7, 11) is 0. The SMILES string of the molecule is Cc1cc(C2OCCCO2)c(Br)c(C)c1C. The van der Waals surface area contributed by atoms with Crippen LogP contribution in [0.5, 0.6) is 0 Å². The molecule has 1 aromatic rings. The van der Waals surface area contributed by atoms with Crippen LogP contribution in [-0.2, 0) is 9.47 Å². The average Bonchev–Trinajstić information content (AvgIpc) is 2.32. The van der Waals surface area contributed by atoms with E-state index in [4.69, 9.17) is 9.47 Å². The lowest BCUT2D eigenvalue weighted by molar-refractivity contribution is -0.183. The van der Waals surface area contributed by atoms with E-state index in [1.165, 1.54) is 16.7 Å². The molecular weight excluding hydrogens is 268 g/mol. The van der Waals surface area contributed by atoms with E-state index in [9.17, 15) is 0 Å². The predicted octanol–water partition coefficient (Wildman–Crippen LogP) is 3.81. The Bertz CT molecular complexity index is 395. The molecule has 3 heteroatoms. The summed E-state index contributed by atoms with van der Waals surface area (Å²) in [5, 5.41) is 0. The summed E-state index contributed by atoms with van der Waals surface area (Å²) >= 11 is 3.64. The molecule has 0 unspecified atom stereocenters. The molecular formula is C13H17BrO2. The quantitative estimate of drug-likeness (QED) is 0.781. The van der Waals surface area contributed by atoms with Crippen LogP contribution in [0.3, 0.4) is 0 Å². The summed E-state index contributed by atoms with van der Waals surface area (Å²) in [5.74, 6) is 0. The number of benzene rings is 1. The maximum absolute atomic E-state index is 5.64. The number of hydrogen-bond donors (Lipinski definition) is 0. The van der Waals surface area contributed by atoms with Crippen molar-refractivity contribution in [3.8, 4) is 0 Å². The van der Waals surface area contributed by atoms with Crippen molar-refractivity contribution in [2.24, 2.45) is 0 Å². The van der Waals surface area contributed by atoms with Crippen LogP contribution >= 0.6 is 15.9 Å². The Morgan fingerprint density at radius 1 is 1.12 bits per heavy atom. The fraction of sp³-hybridized carbons (Fsp3) is 0.538. The minimum Gasteiger partial charge on any atom is -0.348 e. The molecule has 0 radical (unpaired) electrons. The minimum atomic E-state index is -0.207. The van der Waals surface area contributed by atoms with Gasteiger partial charge < -0.3 is 9.47 Å². The van der Waals surface area contributed by atoms with Crippen molar-refractivity contribution in [1.29, 1.82) is 0 Å². The van der Waals surface area contributed by atoms with Crippen molar-refractivity contribution in [2.75, 3.05) is 13.2 Å². The highest BCUT2D eigenvalue weighted by Crippen LogP contribution is 2.34. The van der Waals surface area contributed by atoms with E-state index in [2.05, 4.69) is 42.8 Å². The van der Waals surface area contributed by atoms with Crippen LogP contribution in [0.15, 0.2) is 10.5 Å². The minimum absolute atomic E-state index is 0.207. The molecule has 1 aliphatic rings. The number of ether oxygens (including phenoxy) is 2. The number of rotatable bonds is 1. The van der Waals surface area contributed by atoms with Crippen molar-refractivity contribution in [3.05, 3.63) is 32.8 Å². The highest BCUT2D eigenvalue weighted by atomic mass is 79.9. The molecule has 0 bridgehead atoms. The lowest BCUT2D eigenvalue weighted by Gasteiger charge is -2.26. The van der Waals surface area contributed by atoms with E-state index in [1.807, 2.05) is 0 Å². The first-order valence-electron chi connectivity index (χ1n) is 5.60. The molecule has 1 heterocycles. The van der Waals surface area contributed by atoms with Gasteiger partial charge in [-0.3, -0.25) is 0 Å². The summed E-state index contributed by atoms with van der Waals surface area (Å²) in [6, 6.07) is 2.16. The van der Waals surface area contributed by atoms with Gasteiger partial charge in [-0.05, 0) is 49.9 Å². The zero-order valence-electron chi connectivity index (χ0n) is 9.97. The van der Waals surface area contributed by atoms with Gasteiger partial charge in [-0.15, -0.1) is 0 Å². The fourth-order valence-corrected chi connectivity index (χ4v) is 2.52. The van der Waals surface area contributed by atoms with Gasteiger partial charge in [0.2, 0.25) is 0 Å². The van der Waals surface area contributed by atoms with Crippen molar-refractivity contribution >= 4 is 15.9 Å². The van der Waals surface area contributed by atoms with Gasteiger partial charge in [-0.1, -0.05) is 15.9 Å². The first-order valence-corrected chi connectivity index (χ1v) is 6.40. The van der Waals surface area contributed by atoms with Crippen LogP contribution in [0.4, 0.5) is 0 Å². The highest BCUT2D eigenvalue weighted by molar-refractivity contribution is 9.10. The zero-order chi connectivity index (χ0) is 11.7. The smallest absolute Gasteiger partial charge is 0.184 e. The molecule has 1 saturated heterocycles. The predicted molar refractivity (Wildman–Crippen MR) is 67.6 cm³/mol. The van der Waals surface area contributed by atoms with E-state index in [1.54, 1.807) is 0 Å². The van der Waals surface area contributed by atoms with Gasteiger partial charge in [0.1, 0.15) is 0 Å². The maximum Gasteiger partial charge on any atom is 0.184 e. The Kier molecular flexibility index (Phi) is 3.67. The van der Waals surface area contributed by atoms with E-state index in [-0.39, 0.29) is 6.29 Å². The fourth-order valence-electron chi connectivity index (χ4n) is 1.92. The van der Waals surface area contributed by atoms with Crippen molar-refractivity contribution in [3.63, 3.8) is 0 Å². The van der Waals surface area contributed by atoms with Gasteiger partial charge in [0.15, 0.2) is 6.29 Å². The van der Waals surface area contributed by atoms with Gasteiger partial charge in [-0.2, -0.15) is 0 Å². The van der Waals surface area contributed by atoms with Gasteiger partial charge >= 0.3 is 0 Å². The molecule has 0 saturated carbocycles. The number of aryl methyl sites for hydroxylation is 1. The molecule has 0 aliphatic carbocycles. The lowest BCUT2D eigenvalue weighted by atomic mass is 10.00. The Morgan fingerprint density at radius 2 is 1.75 bits per heavy atom. The Morgan fingerprint density at radius 3 is 2.38 bits per heavy atom.